The fourth-order valence-corrected chi connectivity index (χ4v) is 5.28. The highest BCUT2D eigenvalue weighted by atomic mass is 35.5. The molecule has 2 aliphatic heterocycles. The van der Waals surface area contributed by atoms with Crippen molar-refractivity contribution in [3.63, 3.8) is 0 Å². The number of carbonyl (C=O) groups excluding carboxylic acids is 2. The maximum atomic E-state index is 13.1. The molecule has 240 valence electrons. The molecule has 0 aliphatic carbocycles. The van der Waals surface area contributed by atoms with E-state index in [2.05, 4.69) is 50.7 Å². The van der Waals surface area contributed by atoms with Gasteiger partial charge in [0, 0.05) is 82.3 Å². The number of nitrogens with one attached hydrogen (secondary N) is 2. The van der Waals surface area contributed by atoms with Crippen LogP contribution in [0.25, 0.3) is 0 Å². The number of carbonyl (C=O) groups is 2. The third-order valence-corrected chi connectivity index (χ3v) is 7.71. The van der Waals surface area contributed by atoms with Gasteiger partial charge in [-0.3, -0.25) is 14.6 Å². The molecule has 4 rings (SSSR count). The van der Waals surface area contributed by atoms with Gasteiger partial charge in [0.05, 0.1) is 6.54 Å². The first-order valence-corrected chi connectivity index (χ1v) is 14.3. The van der Waals surface area contributed by atoms with E-state index in [0.29, 0.717) is 39.2 Å². The highest BCUT2D eigenvalue weighted by Crippen LogP contribution is 2.29. The van der Waals surface area contributed by atoms with Crippen molar-refractivity contribution >= 4 is 54.7 Å². The number of pyridine rings is 1. The third kappa shape index (κ3) is 12.2. The van der Waals surface area contributed by atoms with Gasteiger partial charge in [-0.05, 0) is 62.7 Å². The number of nitrogens with zero attached hydrogens (tertiary/aromatic N) is 4. The van der Waals surface area contributed by atoms with Gasteiger partial charge < -0.3 is 30.1 Å². The summed E-state index contributed by atoms with van der Waals surface area (Å²) in [6.45, 7) is 4.86. The van der Waals surface area contributed by atoms with E-state index in [0.717, 1.165) is 48.6 Å². The fourth-order valence-electron chi connectivity index (χ4n) is 5.28. The Morgan fingerprint density at radius 2 is 1.93 bits per heavy atom. The largest absolute Gasteiger partial charge is 0.489 e. The topological polar surface area (TPSA) is 90.0 Å². The van der Waals surface area contributed by atoms with Gasteiger partial charge >= 0.3 is 0 Å². The van der Waals surface area contributed by atoms with Gasteiger partial charge in [0.2, 0.25) is 11.8 Å². The van der Waals surface area contributed by atoms with Gasteiger partial charge in [0.1, 0.15) is 12.4 Å². The van der Waals surface area contributed by atoms with Gasteiger partial charge in [0.25, 0.3) is 0 Å². The summed E-state index contributed by atoms with van der Waals surface area (Å²) < 4.78 is 6.18. The molecule has 2 aliphatic rings. The van der Waals surface area contributed by atoms with Gasteiger partial charge in [-0.2, -0.15) is 0 Å². The first-order valence-electron chi connectivity index (χ1n) is 14.3. The monoisotopic (exact) mass is 656 g/mol. The highest BCUT2D eigenvalue weighted by Gasteiger charge is 2.31. The summed E-state index contributed by atoms with van der Waals surface area (Å²) in [7, 11) is 6.07. The minimum atomic E-state index is 0. The van der Waals surface area contributed by atoms with Crippen molar-refractivity contribution in [1.29, 1.82) is 0 Å². The predicted octanol–water partition coefficient (Wildman–Crippen LogP) is 3.60. The minimum absolute atomic E-state index is 0. The van der Waals surface area contributed by atoms with E-state index in [4.69, 9.17) is 4.74 Å². The van der Waals surface area contributed by atoms with Crippen LogP contribution in [0.5, 0.6) is 5.75 Å². The third-order valence-electron chi connectivity index (χ3n) is 7.71. The lowest BCUT2D eigenvalue weighted by molar-refractivity contribution is -0.132. The molecule has 43 heavy (non-hydrogen) atoms. The average Bonchev–Trinajstić information content (AvgIpc) is 2.96. The minimum Gasteiger partial charge on any atom is -0.489 e. The van der Waals surface area contributed by atoms with Crippen LogP contribution >= 0.6 is 37.2 Å². The Bertz CT molecular complexity index is 1150. The van der Waals surface area contributed by atoms with Gasteiger partial charge in [-0.25, -0.2) is 0 Å². The molecule has 2 amide bonds. The molecule has 0 spiro atoms. The molecule has 3 heterocycles. The summed E-state index contributed by atoms with van der Waals surface area (Å²) >= 11 is 0. The van der Waals surface area contributed by atoms with Crippen LogP contribution in [0.1, 0.15) is 24.1 Å². The van der Waals surface area contributed by atoms with Gasteiger partial charge in [-0.1, -0.05) is 18.2 Å². The maximum Gasteiger partial charge on any atom is 0.236 e. The van der Waals surface area contributed by atoms with Crippen LogP contribution in [0.2, 0.25) is 0 Å². The molecular formula is C31H47Cl3N6O3. The second-order valence-electron chi connectivity index (χ2n) is 11.0. The number of aromatic nitrogens is 1. The SMILES string of the molecule is CN(C)CCNC(=O)C[C@@H]1CCN2C[C@@H]1/C=C/COc1ccc(N(C)CCc3ccccn3)cc1CNCC2=O.Cl.Cl.Cl. The molecule has 2 bridgehead atoms. The number of anilines is 1. The quantitative estimate of drug-likeness (QED) is 0.399. The first kappa shape index (κ1) is 38.5. The van der Waals surface area contributed by atoms with Crippen LogP contribution in [0.3, 0.4) is 0 Å². The average molecular weight is 658 g/mol. The van der Waals surface area contributed by atoms with Crippen molar-refractivity contribution in [3.05, 3.63) is 66.0 Å². The number of hydrogen-bond acceptors (Lipinski definition) is 7. The van der Waals surface area contributed by atoms with Crippen molar-refractivity contribution in [2.24, 2.45) is 11.8 Å². The van der Waals surface area contributed by atoms with Crippen LogP contribution in [0.4, 0.5) is 5.69 Å². The summed E-state index contributed by atoms with van der Waals surface area (Å²) in [4.78, 5) is 36.3. The van der Waals surface area contributed by atoms with E-state index in [-0.39, 0.29) is 67.4 Å². The zero-order chi connectivity index (χ0) is 28.3. The molecule has 0 radical (unpaired) electrons. The van der Waals surface area contributed by atoms with Crippen molar-refractivity contribution in [1.82, 2.24) is 25.4 Å². The number of likely N-dealkylation sites (N-methyl/N-ethyl adjacent to an activating group) is 2. The number of amides is 2. The number of piperidine rings is 1. The van der Waals surface area contributed by atoms with E-state index in [1.165, 1.54) is 0 Å². The van der Waals surface area contributed by atoms with Crippen LogP contribution in [0.15, 0.2) is 54.7 Å². The Labute approximate surface area is 275 Å². The summed E-state index contributed by atoms with van der Waals surface area (Å²) in [5.74, 6) is 1.31. The first-order chi connectivity index (χ1) is 19.4. The van der Waals surface area contributed by atoms with E-state index in [9.17, 15) is 9.59 Å². The van der Waals surface area contributed by atoms with Crippen molar-refractivity contribution < 1.29 is 14.3 Å². The number of benzene rings is 1. The lowest BCUT2D eigenvalue weighted by Gasteiger charge is -2.37. The molecule has 0 unspecified atom stereocenters. The number of halogens is 3. The molecular weight excluding hydrogens is 611 g/mol. The second kappa shape index (κ2) is 19.7. The Hall–Kier alpha value is -2.56. The standard InChI is InChI=1S/C31H44N6O3.3ClH/c1-35(2)17-14-34-30(38)20-24-11-16-37-23-25(24)7-6-18-40-29-10-9-28(19-26(29)21-32-22-31(37)39)36(3)15-12-27-8-4-5-13-33-27;;;/h4-10,13,19,24-25,32H,11-12,14-18,20-23H2,1-3H3,(H,34,38);3*1H/b7-6+;;;/t24-,25-;;;/m0.../s1. The molecule has 2 atom stereocenters. The van der Waals surface area contributed by atoms with Gasteiger partial charge in [-0.15, -0.1) is 37.2 Å². The number of ether oxygens (including phenoxy) is 1. The van der Waals surface area contributed by atoms with Crippen LogP contribution in [-0.4, -0.2) is 93.6 Å². The fraction of sp³-hybridized carbons (Fsp3) is 0.516. The number of fused-ring (bicyclic) bond motifs is 3. The predicted molar refractivity (Wildman–Crippen MR) is 180 cm³/mol. The second-order valence-corrected chi connectivity index (χ2v) is 11.0. The molecule has 0 saturated carbocycles. The van der Waals surface area contributed by atoms with E-state index in [1.54, 1.807) is 0 Å². The Balaban J connectivity index is 0.00000308. The maximum absolute atomic E-state index is 13.1. The molecule has 1 saturated heterocycles. The summed E-state index contributed by atoms with van der Waals surface area (Å²) in [6.07, 6.45) is 8.16. The molecule has 9 nitrogen and oxygen atoms in total. The lowest BCUT2D eigenvalue weighted by atomic mass is 9.82. The molecule has 1 aromatic heterocycles. The summed E-state index contributed by atoms with van der Waals surface area (Å²) in [5, 5.41) is 6.38. The van der Waals surface area contributed by atoms with Crippen molar-refractivity contribution in [2.75, 3.05) is 71.9 Å². The van der Waals surface area contributed by atoms with E-state index >= 15 is 0 Å². The zero-order valence-electron chi connectivity index (χ0n) is 25.4. The number of hydrogen-bond donors (Lipinski definition) is 2. The molecule has 2 N–H and O–H groups in total. The van der Waals surface area contributed by atoms with E-state index in [1.807, 2.05) is 55.5 Å². The highest BCUT2D eigenvalue weighted by molar-refractivity contribution is 5.86. The molecule has 2 aromatic rings. The Morgan fingerprint density at radius 1 is 1.12 bits per heavy atom. The number of rotatable bonds is 9. The van der Waals surface area contributed by atoms with Crippen LogP contribution in [-0.2, 0) is 22.6 Å². The molecule has 1 fully saturated rings. The van der Waals surface area contributed by atoms with Crippen LogP contribution < -0.4 is 20.3 Å². The normalized spacial score (nSPS) is 19.0. The van der Waals surface area contributed by atoms with Crippen LogP contribution in [0, 0.1) is 11.8 Å². The summed E-state index contributed by atoms with van der Waals surface area (Å²) in [5.41, 5.74) is 3.19. The Morgan fingerprint density at radius 3 is 2.67 bits per heavy atom. The summed E-state index contributed by atoms with van der Waals surface area (Å²) in [6, 6.07) is 12.2. The van der Waals surface area contributed by atoms with Gasteiger partial charge in [0.15, 0.2) is 0 Å². The van der Waals surface area contributed by atoms with Crippen molar-refractivity contribution in [3.8, 4) is 5.75 Å². The van der Waals surface area contributed by atoms with Crippen molar-refractivity contribution in [2.45, 2.75) is 25.8 Å². The van der Waals surface area contributed by atoms with E-state index < -0.39 is 0 Å². The smallest absolute Gasteiger partial charge is 0.236 e. The zero-order valence-corrected chi connectivity index (χ0v) is 27.8. The molecule has 12 heteroatoms. The Kier molecular flexibility index (Phi) is 17.6. The molecule has 1 aromatic carbocycles. The lowest BCUT2D eigenvalue weighted by Crippen LogP contribution is -2.47.